The zero-order valence-corrected chi connectivity index (χ0v) is 39.0. The molecule has 0 aliphatic rings. The predicted molar refractivity (Wildman–Crippen MR) is 243 cm³/mol. The molecule has 0 aromatic heterocycles. The van der Waals surface area contributed by atoms with Gasteiger partial charge in [-0.3, -0.25) is 14.4 Å². The molecule has 0 unspecified atom stereocenters. The van der Waals surface area contributed by atoms with Crippen LogP contribution in [0.15, 0.2) is 0 Å². The fraction of sp³-hybridized carbons (Fsp3) is 0.941. The molecule has 0 aromatic carbocycles. The van der Waals surface area contributed by atoms with E-state index in [1.54, 1.807) is 0 Å². The highest BCUT2D eigenvalue weighted by Crippen LogP contribution is 2.17. The summed E-state index contributed by atoms with van der Waals surface area (Å²) in [5, 5.41) is 0. The van der Waals surface area contributed by atoms with Crippen LogP contribution in [-0.4, -0.2) is 37.2 Å². The van der Waals surface area contributed by atoms with Crippen molar-refractivity contribution in [3.63, 3.8) is 0 Å². The average molecular weight is 807 g/mol. The zero-order chi connectivity index (χ0) is 41.9. The van der Waals surface area contributed by atoms with Crippen molar-refractivity contribution in [1.29, 1.82) is 0 Å². The third-order valence-corrected chi connectivity index (χ3v) is 11.5. The molecule has 57 heavy (non-hydrogen) atoms. The highest BCUT2D eigenvalue weighted by molar-refractivity contribution is 5.71. The zero-order valence-electron chi connectivity index (χ0n) is 39.0. The van der Waals surface area contributed by atoms with Gasteiger partial charge in [-0.25, -0.2) is 0 Å². The maximum Gasteiger partial charge on any atom is 0.306 e. The minimum absolute atomic E-state index is 0.0657. The van der Waals surface area contributed by atoms with Crippen LogP contribution >= 0.6 is 0 Å². The Hall–Kier alpha value is -1.59. The number of hydrogen-bond donors (Lipinski definition) is 0. The smallest absolute Gasteiger partial charge is 0.306 e. The van der Waals surface area contributed by atoms with E-state index in [2.05, 4.69) is 34.6 Å². The van der Waals surface area contributed by atoms with Gasteiger partial charge < -0.3 is 14.2 Å². The van der Waals surface area contributed by atoms with Gasteiger partial charge in [-0.2, -0.15) is 0 Å². The molecule has 1 atom stereocenters. The summed E-state index contributed by atoms with van der Waals surface area (Å²) in [6.07, 6.45) is 44.0. The number of unbranched alkanes of at least 4 members (excludes halogenated alkanes) is 30. The van der Waals surface area contributed by atoms with Crippen LogP contribution in [0.25, 0.3) is 0 Å². The molecule has 0 rings (SSSR count). The minimum atomic E-state index is -0.762. The van der Waals surface area contributed by atoms with E-state index in [4.69, 9.17) is 14.2 Å². The topological polar surface area (TPSA) is 78.9 Å². The largest absolute Gasteiger partial charge is 0.462 e. The van der Waals surface area contributed by atoms with Gasteiger partial charge >= 0.3 is 17.9 Å². The lowest BCUT2D eigenvalue weighted by molar-refractivity contribution is -0.167. The summed E-state index contributed by atoms with van der Waals surface area (Å²) in [7, 11) is 0. The Morgan fingerprint density at radius 3 is 0.860 bits per heavy atom. The Kier molecular flexibility index (Phi) is 42.7. The highest BCUT2D eigenvalue weighted by Gasteiger charge is 2.19. The van der Waals surface area contributed by atoms with Gasteiger partial charge in [0.15, 0.2) is 6.10 Å². The summed E-state index contributed by atoms with van der Waals surface area (Å²) in [6.45, 7) is 11.3. The van der Waals surface area contributed by atoms with Gasteiger partial charge in [-0.1, -0.05) is 240 Å². The van der Waals surface area contributed by atoms with Gasteiger partial charge in [-0.05, 0) is 31.1 Å². The molecule has 0 saturated heterocycles. The van der Waals surface area contributed by atoms with E-state index >= 15 is 0 Å². The summed E-state index contributed by atoms with van der Waals surface area (Å²) in [5.74, 6) is 0.702. The van der Waals surface area contributed by atoms with Crippen LogP contribution in [0, 0.1) is 11.8 Å². The van der Waals surface area contributed by atoms with Gasteiger partial charge in [0, 0.05) is 19.3 Å². The monoisotopic (exact) mass is 807 g/mol. The molecule has 0 heterocycles. The van der Waals surface area contributed by atoms with Crippen LogP contribution in [0.1, 0.15) is 279 Å². The molecule has 0 aliphatic carbocycles. The molecule has 0 fully saturated rings. The molecule has 0 radical (unpaired) electrons. The fourth-order valence-corrected chi connectivity index (χ4v) is 7.64. The van der Waals surface area contributed by atoms with Crippen LogP contribution in [-0.2, 0) is 28.6 Å². The second kappa shape index (κ2) is 44.0. The number of carbonyl (C=O) groups is 3. The van der Waals surface area contributed by atoms with Crippen molar-refractivity contribution >= 4 is 17.9 Å². The predicted octanol–water partition coefficient (Wildman–Crippen LogP) is 16.1. The number of carbonyl (C=O) groups excluding carboxylic acids is 3. The molecule has 0 aliphatic heterocycles. The van der Waals surface area contributed by atoms with Crippen molar-refractivity contribution in [2.24, 2.45) is 11.8 Å². The number of ether oxygens (including phenoxy) is 3. The lowest BCUT2D eigenvalue weighted by Gasteiger charge is -2.18. The van der Waals surface area contributed by atoms with Gasteiger partial charge in [0.05, 0.1) is 0 Å². The van der Waals surface area contributed by atoms with Crippen LogP contribution in [0.2, 0.25) is 0 Å². The first-order valence-electron chi connectivity index (χ1n) is 25.2. The van der Waals surface area contributed by atoms with Gasteiger partial charge in [0.2, 0.25) is 0 Å². The van der Waals surface area contributed by atoms with Crippen molar-refractivity contribution < 1.29 is 28.6 Å². The highest BCUT2D eigenvalue weighted by atomic mass is 16.6. The third-order valence-electron chi connectivity index (χ3n) is 11.5. The Labute approximate surface area is 355 Å². The molecular formula is C51H98O6. The molecule has 0 bridgehead atoms. The quantitative estimate of drug-likeness (QED) is 0.0346. The first kappa shape index (κ1) is 55.4. The first-order chi connectivity index (χ1) is 27.7. The van der Waals surface area contributed by atoms with Crippen molar-refractivity contribution in [3.05, 3.63) is 0 Å². The van der Waals surface area contributed by atoms with Gasteiger partial charge in [0.1, 0.15) is 13.2 Å². The molecule has 0 saturated carbocycles. The van der Waals surface area contributed by atoms with Crippen LogP contribution in [0.3, 0.4) is 0 Å². The first-order valence-corrected chi connectivity index (χ1v) is 25.2. The van der Waals surface area contributed by atoms with E-state index in [-0.39, 0.29) is 31.1 Å². The molecule has 0 N–H and O–H groups in total. The van der Waals surface area contributed by atoms with Crippen LogP contribution < -0.4 is 0 Å². The normalized spacial score (nSPS) is 12.1. The molecule has 338 valence electrons. The van der Waals surface area contributed by atoms with E-state index < -0.39 is 6.10 Å². The van der Waals surface area contributed by atoms with Crippen molar-refractivity contribution in [1.82, 2.24) is 0 Å². The Morgan fingerprint density at radius 2 is 0.579 bits per heavy atom. The van der Waals surface area contributed by atoms with Crippen molar-refractivity contribution in [3.8, 4) is 0 Å². The standard InChI is InChI=1S/C51H98O6/c1-6-7-8-9-10-11-12-13-14-15-16-17-18-19-20-21-26-33-38-43-51(54)57-48(45-56-50(53)42-37-32-28-27-30-35-40-47(4)5)44-55-49(52)41-36-31-25-23-22-24-29-34-39-46(2)3/h46-48H,6-45H2,1-5H3/t48-/m0/s1. The summed E-state index contributed by atoms with van der Waals surface area (Å²) in [5.41, 5.74) is 0. The Balaban J connectivity index is 4.23. The van der Waals surface area contributed by atoms with E-state index in [0.29, 0.717) is 19.3 Å². The van der Waals surface area contributed by atoms with Crippen LogP contribution in [0.4, 0.5) is 0 Å². The maximum absolute atomic E-state index is 12.8. The lowest BCUT2D eigenvalue weighted by atomic mass is 10.0. The molecule has 0 spiro atoms. The number of rotatable bonds is 45. The number of hydrogen-bond acceptors (Lipinski definition) is 6. The minimum Gasteiger partial charge on any atom is -0.462 e. The van der Waals surface area contributed by atoms with Gasteiger partial charge in [0.25, 0.3) is 0 Å². The molecule has 6 heteroatoms. The molecule has 0 aromatic rings. The van der Waals surface area contributed by atoms with E-state index in [9.17, 15) is 14.4 Å². The van der Waals surface area contributed by atoms with Crippen molar-refractivity contribution in [2.75, 3.05) is 13.2 Å². The van der Waals surface area contributed by atoms with E-state index in [1.165, 1.54) is 167 Å². The van der Waals surface area contributed by atoms with Crippen molar-refractivity contribution in [2.45, 2.75) is 285 Å². The summed E-state index contributed by atoms with van der Waals surface area (Å²) < 4.78 is 16.7. The Morgan fingerprint density at radius 1 is 0.333 bits per heavy atom. The maximum atomic E-state index is 12.8. The van der Waals surface area contributed by atoms with Gasteiger partial charge in [-0.15, -0.1) is 0 Å². The lowest BCUT2D eigenvalue weighted by Crippen LogP contribution is -2.30. The molecule has 0 amide bonds. The van der Waals surface area contributed by atoms with Crippen LogP contribution in [0.5, 0.6) is 0 Å². The average Bonchev–Trinajstić information content (AvgIpc) is 3.18. The fourth-order valence-electron chi connectivity index (χ4n) is 7.64. The molecular weight excluding hydrogens is 709 g/mol. The van der Waals surface area contributed by atoms with E-state index in [1.807, 2.05) is 0 Å². The molecule has 6 nitrogen and oxygen atoms in total. The SMILES string of the molecule is CCCCCCCCCCCCCCCCCCCCCC(=O)O[C@@H](COC(=O)CCCCCCCCCCC(C)C)COC(=O)CCCCCCCCC(C)C. The summed E-state index contributed by atoms with van der Waals surface area (Å²) in [4.78, 5) is 37.8. The Bertz CT molecular complexity index is 870. The summed E-state index contributed by atoms with van der Waals surface area (Å²) >= 11 is 0. The summed E-state index contributed by atoms with van der Waals surface area (Å²) in [6, 6.07) is 0. The number of esters is 3. The third kappa shape index (κ3) is 45.3. The van der Waals surface area contributed by atoms with E-state index in [0.717, 1.165) is 69.6 Å². The second-order valence-electron chi connectivity index (χ2n) is 18.4. The second-order valence-corrected chi connectivity index (χ2v) is 18.4.